The SMILES string of the molecule is C[C@@H](CC(=O)OC(C)(C)c1ccccc1)N(C)C(=O)OCC1c2ccccc2-c2ccccc21. The normalized spacial score (nSPS) is 13.5. The minimum atomic E-state index is -0.750. The molecule has 1 amide bonds. The molecule has 0 saturated carbocycles. The van der Waals surface area contributed by atoms with E-state index in [9.17, 15) is 9.59 Å². The second-order valence-electron chi connectivity index (χ2n) is 9.32. The molecule has 0 saturated heterocycles. The van der Waals surface area contributed by atoms with Crippen LogP contribution in [-0.4, -0.2) is 36.7 Å². The van der Waals surface area contributed by atoms with Gasteiger partial charge in [0.05, 0.1) is 6.42 Å². The van der Waals surface area contributed by atoms with Gasteiger partial charge in [-0.05, 0) is 48.6 Å². The lowest BCUT2D eigenvalue weighted by atomic mass is 9.98. The van der Waals surface area contributed by atoms with E-state index in [4.69, 9.17) is 9.47 Å². The van der Waals surface area contributed by atoms with Gasteiger partial charge in [0.1, 0.15) is 12.2 Å². The first-order valence-electron chi connectivity index (χ1n) is 11.6. The highest BCUT2D eigenvalue weighted by molar-refractivity contribution is 5.79. The summed E-state index contributed by atoms with van der Waals surface area (Å²) in [4.78, 5) is 26.9. The molecule has 3 aromatic rings. The number of esters is 1. The second-order valence-corrected chi connectivity index (χ2v) is 9.32. The highest BCUT2D eigenvalue weighted by Gasteiger charge is 2.31. The van der Waals surface area contributed by atoms with Crippen molar-refractivity contribution in [1.29, 1.82) is 0 Å². The highest BCUT2D eigenvalue weighted by atomic mass is 16.6. The number of nitrogens with zero attached hydrogens (tertiary/aromatic N) is 1. The van der Waals surface area contributed by atoms with Crippen LogP contribution in [0, 0.1) is 0 Å². The van der Waals surface area contributed by atoms with Crippen LogP contribution in [0.15, 0.2) is 78.9 Å². The highest BCUT2D eigenvalue weighted by Crippen LogP contribution is 2.44. The Balaban J connectivity index is 1.34. The smallest absolute Gasteiger partial charge is 0.409 e. The third kappa shape index (κ3) is 4.84. The van der Waals surface area contributed by atoms with Crippen LogP contribution in [0.1, 0.15) is 49.8 Å². The molecule has 1 aliphatic rings. The number of fused-ring (bicyclic) bond motifs is 3. The Kier molecular flexibility index (Phi) is 6.73. The second kappa shape index (κ2) is 9.72. The van der Waals surface area contributed by atoms with E-state index in [2.05, 4.69) is 24.3 Å². The quantitative estimate of drug-likeness (QED) is 0.401. The third-order valence-corrected chi connectivity index (χ3v) is 6.59. The van der Waals surface area contributed by atoms with Gasteiger partial charge in [0.2, 0.25) is 0 Å². The van der Waals surface area contributed by atoms with Crippen molar-refractivity contribution in [1.82, 2.24) is 4.90 Å². The Morgan fingerprint density at radius 1 is 0.882 bits per heavy atom. The summed E-state index contributed by atoms with van der Waals surface area (Å²) in [5, 5.41) is 0. The van der Waals surface area contributed by atoms with Gasteiger partial charge in [0.25, 0.3) is 0 Å². The lowest BCUT2D eigenvalue weighted by Crippen LogP contribution is -2.38. The Hall–Kier alpha value is -3.60. The van der Waals surface area contributed by atoms with E-state index in [1.54, 1.807) is 7.05 Å². The molecular weight excluding hydrogens is 426 g/mol. The molecule has 0 N–H and O–H groups in total. The first-order valence-corrected chi connectivity index (χ1v) is 11.6. The average Bonchev–Trinajstić information content (AvgIpc) is 3.16. The summed E-state index contributed by atoms with van der Waals surface area (Å²) in [5.41, 5.74) is 4.87. The van der Waals surface area contributed by atoms with Gasteiger partial charge >= 0.3 is 12.1 Å². The largest absolute Gasteiger partial charge is 0.455 e. The van der Waals surface area contributed by atoms with Crippen molar-refractivity contribution in [2.24, 2.45) is 0 Å². The molecule has 0 radical (unpaired) electrons. The molecule has 4 rings (SSSR count). The van der Waals surface area contributed by atoms with E-state index in [0.717, 1.165) is 5.56 Å². The maximum atomic E-state index is 12.8. The Morgan fingerprint density at radius 2 is 1.41 bits per heavy atom. The maximum Gasteiger partial charge on any atom is 0.409 e. The van der Waals surface area contributed by atoms with Gasteiger partial charge < -0.3 is 14.4 Å². The van der Waals surface area contributed by atoms with Crippen LogP contribution < -0.4 is 0 Å². The van der Waals surface area contributed by atoms with Crippen molar-refractivity contribution in [3.8, 4) is 11.1 Å². The van der Waals surface area contributed by atoms with Crippen LogP contribution in [0.2, 0.25) is 0 Å². The Morgan fingerprint density at radius 3 is 2.00 bits per heavy atom. The van der Waals surface area contributed by atoms with Crippen LogP contribution in [0.4, 0.5) is 4.79 Å². The van der Waals surface area contributed by atoms with Gasteiger partial charge in [-0.1, -0.05) is 78.9 Å². The average molecular weight is 458 g/mol. The molecule has 0 aromatic heterocycles. The van der Waals surface area contributed by atoms with E-state index in [1.807, 2.05) is 75.4 Å². The topological polar surface area (TPSA) is 55.8 Å². The Labute approximate surface area is 201 Å². The van der Waals surface area contributed by atoms with E-state index in [-0.39, 0.29) is 31.0 Å². The van der Waals surface area contributed by atoms with Crippen LogP contribution in [0.3, 0.4) is 0 Å². The van der Waals surface area contributed by atoms with Gasteiger partial charge in [0, 0.05) is 19.0 Å². The lowest BCUT2D eigenvalue weighted by Gasteiger charge is -2.28. The summed E-state index contributed by atoms with van der Waals surface area (Å²) < 4.78 is 11.4. The number of rotatable bonds is 7. The number of benzene rings is 3. The summed E-state index contributed by atoms with van der Waals surface area (Å²) in [7, 11) is 1.65. The van der Waals surface area contributed by atoms with E-state index < -0.39 is 11.7 Å². The monoisotopic (exact) mass is 457 g/mol. The van der Waals surface area contributed by atoms with Crippen molar-refractivity contribution in [2.75, 3.05) is 13.7 Å². The van der Waals surface area contributed by atoms with Crippen LogP contribution >= 0.6 is 0 Å². The Bertz CT molecular complexity index is 1130. The van der Waals surface area contributed by atoms with E-state index in [0.29, 0.717) is 0 Å². The third-order valence-electron chi connectivity index (χ3n) is 6.59. The zero-order valence-corrected chi connectivity index (χ0v) is 20.2. The van der Waals surface area contributed by atoms with Crippen molar-refractivity contribution < 1.29 is 19.1 Å². The summed E-state index contributed by atoms with van der Waals surface area (Å²) in [5.74, 6) is -0.364. The standard InChI is InChI=1S/C29H31NO4/c1-20(18-27(31)34-29(2,3)21-12-6-5-7-13-21)30(4)28(32)33-19-26-24-16-10-8-14-22(24)23-15-9-11-17-25(23)26/h5-17,20,26H,18-19H2,1-4H3/t20-/m0/s1. The molecule has 176 valence electrons. The van der Waals surface area contributed by atoms with Gasteiger partial charge in [-0.15, -0.1) is 0 Å². The zero-order valence-electron chi connectivity index (χ0n) is 20.2. The molecule has 0 aliphatic heterocycles. The predicted octanol–water partition coefficient (Wildman–Crippen LogP) is 6.12. The molecule has 1 atom stereocenters. The van der Waals surface area contributed by atoms with Crippen LogP contribution in [-0.2, 0) is 19.9 Å². The fourth-order valence-electron chi connectivity index (χ4n) is 4.48. The number of carbonyl (C=O) groups is 2. The van der Waals surface area contributed by atoms with E-state index >= 15 is 0 Å². The first-order chi connectivity index (χ1) is 16.3. The van der Waals surface area contributed by atoms with Crippen LogP contribution in [0.25, 0.3) is 11.1 Å². The van der Waals surface area contributed by atoms with Gasteiger partial charge in [-0.3, -0.25) is 4.79 Å². The summed E-state index contributed by atoms with van der Waals surface area (Å²) in [6.07, 6.45) is -0.374. The molecule has 0 unspecified atom stereocenters. The van der Waals surface area contributed by atoms with Crippen molar-refractivity contribution >= 4 is 12.1 Å². The predicted molar refractivity (Wildman–Crippen MR) is 132 cm³/mol. The fourth-order valence-corrected chi connectivity index (χ4v) is 4.48. The lowest BCUT2D eigenvalue weighted by molar-refractivity contribution is -0.158. The van der Waals surface area contributed by atoms with Gasteiger partial charge in [-0.2, -0.15) is 0 Å². The molecule has 3 aromatic carbocycles. The maximum absolute atomic E-state index is 12.8. The van der Waals surface area contributed by atoms with Crippen molar-refractivity contribution in [3.05, 3.63) is 95.6 Å². The number of carbonyl (C=O) groups excluding carboxylic acids is 2. The number of amides is 1. The minimum absolute atomic E-state index is 0.00306. The molecular formula is C29H31NO4. The molecule has 0 heterocycles. The van der Waals surface area contributed by atoms with Gasteiger partial charge in [0.15, 0.2) is 0 Å². The molecule has 0 spiro atoms. The molecule has 34 heavy (non-hydrogen) atoms. The molecule has 0 fully saturated rings. The first kappa shape index (κ1) is 23.6. The molecule has 0 bridgehead atoms. The zero-order chi connectivity index (χ0) is 24.3. The van der Waals surface area contributed by atoms with E-state index in [1.165, 1.54) is 27.2 Å². The van der Waals surface area contributed by atoms with Crippen molar-refractivity contribution in [3.63, 3.8) is 0 Å². The summed E-state index contributed by atoms with van der Waals surface area (Å²) in [6, 6.07) is 25.7. The summed E-state index contributed by atoms with van der Waals surface area (Å²) in [6.45, 7) is 5.79. The number of hydrogen-bond acceptors (Lipinski definition) is 4. The van der Waals surface area contributed by atoms with Crippen molar-refractivity contribution in [2.45, 2.75) is 44.8 Å². The molecule has 1 aliphatic carbocycles. The minimum Gasteiger partial charge on any atom is -0.455 e. The van der Waals surface area contributed by atoms with Crippen LogP contribution in [0.5, 0.6) is 0 Å². The molecule has 5 heteroatoms. The number of hydrogen-bond donors (Lipinski definition) is 0. The number of ether oxygens (including phenoxy) is 2. The fraction of sp³-hybridized carbons (Fsp3) is 0.310. The molecule has 5 nitrogen and oxygen atoms in total. The van der Waals surface area contributed by atoms with Gasteiger partial charge in [-0.25, -0.2) is 4.79 Å². The summed E-state index contributed by atoms with van der Waals surface area (Å²) >= 11 is 0.